The van der Waals surface area contributed by atoms with Crippen LogP contribution in [0.3, 0.4) is 0 Å². The molecule has 6 heteroatoms. The third kappa shape index (κ3) is 4.13. The van der Waals surface area contributed by atoms with E-state index in [1.807, 2.05) is 48.5 Å². The number of aromatic amines is 1. The largest absolute Gasteiger partial charge is 0.325 e. The van der Waals surface area contributed by atoms with Crippen LogP contribution in [-0.2, 0) is 4.79 Å². The fraction of sp³-hybridized carbons (Fsp3) is 0.273. The van der Waals surface area contributed by atoms with E-state index in [0.29, 0.717) is 17.6 Å². The number of piperazine rings is 1. The first-order valence-corrected chi connectivity index (χ1v) is 9.52. The van der Waals surface area contributed by atoms with Gasteiger partial charge in [-0.25, -0.2) is 0 Å². The van der Waals surface area contributed by atoms with Gasteiger partial charge < -0.3 is 15.2 Å². The Kier molecular flexibility index (Phi) is 5.23. The summed E-state index contributed by atoms with van der Waals surface area (Å²) in [7, 11) is 2.09. The van der Waals surface area contributed by atoms with Gasteiger partial charge in [0.15, 0.2) is 0 Å². The molecule has 2 heterocycles. The van der Waals surface area contributed by atoms with Crippen LogP contribution < -0.4 is 10.9 Å². The van der Waals surface area contributed by atoms with E-state index in [4.69, 9.17) is 0 Å². The number of H-pyrrole nitrogens is 1. The number of hydrogen-bond acceptors (Lipinski definition) is 4. The van der Waals surface area contributed by atoms with Gasteiger partial charge in [-0.2, -0.15) is 0 Å². The molecule has 144 valence electrons. The van der Waals surface area contributed by atoms with E-state index in [9.17, 15) is 9.59 Å². The standard InChI is InChI=1S/C22H24N4O2/c1-25-9-11-26(12-10-25)15-21(27)23-18-8-7-17-13-20(16-5-3-2-4-6-16)24-22(28)19(17)14-18/h2-8,13-14H,9-12,15H2,1H3,(H,23,27)(H,24,28). The van der Waals surface area contributed by atoms with Crippen molar-refractivity contribution < 1.29 is 4.79 Å². The van der Waals surface area contributed by atoms with Crippen molar-refractivity contribution in [3.63, 3.8) is 0 Å². The number of pyridine rings is 1. The van der Waals surface area contributed by atoms with Crippen LogP contribution in [0, 0.1) is 0 Å². The van der Waals surface area contributed by atoms with Crippen LogP contribution in [-0.4, -0.2) is 60.5 Å². The van der Waals surface area contributed by atoms with E-state index in [2.05, 4.69) is 27.1 Å². The van der Waals surface area contributed by atoms with E-state index in [1.165, 1.54) is 0 Å². The van der Waals surface area contributed by atoms with Crippen LogP contribution in [0.15, 0.2) is 59.4 Å². The minimum absolute atomic E-state index is 0.0544. The fourth-order valence-corrected chi connectivity index (χ4v) is 3.52. The Morgan fingerprint density at radius 1 is 1.04 bits per heavy atom. The Hall–Kier alpha value is -2.96. The smallest absolute Gasteiger partial charge is 0.256 e. The Bertz CT molecular complexity index is 1040. The summed E-state index contributed by atoms with van der Waals surface area (Å²) in [5.41, 5.74) is 2.23. The van der Waals surface area contributed by atoms with Gasteiger partial charge in [0.2, 0.25) is 5.91 Å². The Morgan fingerprint density at radius 3 is 2.54 bits per heavy atom. The van der Waals surface area contributed by atoms with Crippen molar-refractivity contribution in [2.45, 2.75) is 0 Å². The first-order valence-electron chi connectivity index (χ1n) is 9.52. The predicted molar refractivity (Wildman–Crippen MR) is 113 cm³/mol. The molecule has 3 aromatic rings. The topological polar surface area (TPSA) is 68.4 Å². The molecule has 0 saturated carbocycles. The van der Waals surface area contributed by atoms with Crippen LogP contribution >= 0.6 is 0 Å². The second-order valence-electron chi connectivity index (χ2n) is 7.31. The van der Waals surface area contributed by atoms with E-state index in [0.717, 1.165) is 42.8 Å². The first-order chi connectivity index (χ1) is 13.6. The molecule has 0 spiro atoms. The Labute approximate surface area is 163 Å². The summed E-state index contributed by atoms with van der Waals surface area (Å²) in [5, 5.41) is 4.33. The molecular formula is C22H24N4O2. The van der Waals surface area contributed by atoms with Gasteiger partial charge in [0.1, 0.15) is 0 Å². The highest BCUT2D eigenvalue weighted by Crippen LogP contribution is 2.22. The normalized spacial score (nSPS) is 15.6. The minimum Gasteiger partial charge on any atom is -0.325 e. The maximum absolute atomic E-state index is 12.6. The SMILES string of the molecule is CN1CCN(CC(=O)Nc2ccc3cc(-c4ccccc4)[nH]c(=O)c3c2)CC1. The van der Waals surface area contributed by atoms with Crippen molar-refractivity contribution in [2.75, 3.05) is 45.1 Å². The number of rotatable bonds is 4. The molecule has 1 aliphatic rings. The molecular weight excluding hydrogens is 352 g/mol. The number of hydrogen-bond donors (Lipinski definition) is 2. The average molecular weight is 376 g/mol. The van der Waals surface area contributed by atoms with Crippen molar-refractivity contribution in [1.82, 2.24) is 14.8 Å². The van der Waals surface area contributed by atoms with Crippen LogP contribution in [0.25, 0.3) is 22.0 Å². The molecule has 0 radical (unpaired) electrons. The molecule has 1 aromatic heterocycles. The van der Waals surface area contributed by atoms with Crippen molar-refractivity contribution in [3.8, 4) is 11.3 Å². The molecule has 4 rings (SSSR count). The van der Waals surface area contributed by atoms with E-state index >= 15 is 0 Å². The highest BCUT2D eigenvalue weighted by molar-refractivity contribution is 5.95. The van der Waals surface area contributed by atoms with Crippen LogP contribution in [0.4, 0.5) is 5.69 Å². The first kappa shape index (κ1) is 18.4. The van der Waals surface area contributed by atoms with Crippen LogP contribution in [0.2, 0.25) is 0 Å². The highest BCUT2D eigenvalue weighted by Gasteiger charge is 2.16. The number of nitrogens with one attached hydrogen (secondary N) is 2. The van der Waals surface area contributed by atoms with Crippen molar-refractivity contribution >= 4 is 22.4 Å². The highest BCUT2D eigenvalue weighted by atomic mass is 16.2. The zero-order valence-electron chi connectivity index (χ0n) is 15.9. The monoisotopic (exact) mass is 376 g/mol. The molecule has 1 aliphatic heterocycles. The molecule has 28 heavy (non-hydrogen) atoms. The summed E-state index contributed by atoms with van der Waals surface area (Å²) >= 11 is 0. The second-order valence-corrected chi connectivity index (χ2v) is 7.31. The van der Waals surface area contributed by atoms with Gasteiger partial charge in [0.25, 0.3) is 5.56 Å². The Balaban J connectivity index is 1.51. The zero-order valence-corrected chi connectivity index (χ0v) is 15.9. The lowest BCUT2D eigenvalue weighted by molar-refractivity contribution is -0.117. The number of aromatic nitrogens is 1. The maximum atomic E-state index is 12.6. The van der Waals surface area contributed by atoms with Crippen molar-refractivity contribution in [3.05, 3.63) is 65.0 Å². The zero-order chi connectivity index (χ0) is 19.5. The molecule has 6 nitrogen and oxygen atoms in total. The number of amides is 1. The molecule has 1 fully saturated rings. The molecule has 2 aromatic carbocycles. The van der Waals surface area contributed by atoms with Crippen molar-refractivity contribution in [1.29, 1.82) is 0 Å². The predicted octanol–water partition coefficient (Wildman–Crippen LogP) is 2.38. The summed E-state index contributed by atoms with van der Waals surface area (Å²) in [6, 6.07) is 17.2. The molecule has 0 bridgehead atoms. The van der Waals surface area contributed by atoms with Gasteiger partial charge in [-0.3, -0.25) is 14.5 Å². The molecule has 2 N–H and O–H groups in total. The number of nitrogens with zero attached hydrogens (tertiary/aromatic N) is 2. The summed E-state index contributed by atoms with van der Waals surface area (Å²) in [5.74, 6) is -0.0544. The second kappa shape index (κ2) is 7.96. The average Bonchev–Trinajstić information content (AvgIpc) is 2.71. The fourth-order valence-electron chi connectivity index (χ4n) is 3.52. The number of benzene rings is 2. The van der Waals surface area contributed by atoms with Gasteiger partial charge in [0, 0.05) is 42.9 Å². The van der Waals surface area contributed by atoms with Gasteiger partial charge in [-0.15, -0.1) is 0 Å². The third-order valence-corrected chi connectivity index (χ3v) is 5.18. The van der Waals surface area contributed by atoms with E-state index < -0.39 is 0 Å². The van der Waals surface area contributed by atoms with Gasteiger partial charge in [-0.05, 0) is 36.2 Å². The molecule has 0 aliphatic carbocycles. The van der Waals surface area contributed by atoms with Crippen LogP contribution in [0.5, 0.6) is 0 Å². The summed E-state index contributed by atoms with van der Waals surface area (Å²) < 4.78 is 0. The summed E-state index contributed by atoms with van der Waals surface area (Å²) in [6.45, 7) is 4.10. The van der Waals surface area contributed by atoms with Gasteiger partial charge in [-0.1, -0.05) is 36.4 Å². The molecule has 0 unspecified atom stereocenters. The summed E-state index contributed by atoms with van der Waals surface area (Å²) in [4.78, 5) is 32.3. The Morgan fingerprint density at radius 2 is 1.79 bits per heavy atom. The lowest BCUT2D eigenvalue weighted by atomic mass is 10.1. The number of carbonyl (C=O) groups excluding carboxylic acids is 1. The van der Waals surface area contributed by atoms with Crippen molar-refractivity contribution in [2.24, 2.45) is 0 Å². The lowest BCUT2D eigenvalue weighted by Crippen LogP contribution is -2.47. The minimum atomic E-state index is -0.161. The molecule has 1 saturated heterocycles. The maximum Gasteiger partial charge on any atom is 0.256 e. The lowest BCUT2D eigenvalue weighted by Gasteiger charge is -2.31. The van der Waals surface area contributed by atoms with E-state index in [1.54, 1.807) is 6.07 Å². The molecule has 1 amide bonds. The van der Waals surface area contributed by atoms with Gasteiger partial charge in [0.05, 0.1) is 6.54 Å². The number of fused-ring (bicyclic) bond motifs is 1. The van der Waals surface area contributed by atoms with Crippen LogP contribution in [0.1, 0.15) is 0 Å². The number of anilines is 1. The third-order valence-electron chi connectivity index (χ3n) is 5.18. The quantitative estimate of drug-likeness (QED) is 0.734. The van der Waals surface area contributed by atoms with Gasteiger partial charge >= 0.3 is 0 Å². The number of carbonyl (C=O) groups is 1. The molecule has 0 atom stereocenters. The van der Waals surface area contributed by atoms with E-state index in [-0.39, 0.29) is 11.5 Å². The summed E-state index contributed by atoms with van der Waals surface area (Å²) in [6.07, 6.45) is 0. The number of likely N-dealkylation sites (N-methyl/N-ethyl adjacent to an activating group) is 1.